The van der Waals surface area contributed by atoms with Crippen molar-refractivity contribution in [2.75, 3.05) is 19.5 Å². The van der Waals surface area contributed by atoms with Crippen LogP contribution in [0.3, 0.4) is 0 Å². The molecule has 0 saturated carbocycles. The maximum Gasteiger partial charge on any atom is 0.162 e. The second-order valence-electron chi connectivity index (χ2n) is 7.56. The number of nitrogens with one attached hydrogen (secondary N) is 1. The van der Waals surface area contributed by atoms with Gasteiger partial charge in [-0.1, -0.05) is 18.2 Å². The number of methoxy groups -OCH3 is 2. The molecular weight excluding hydrogens is 438 g/mol. The summed E-state index contributed by atoms with van der Waals surface area (Å²) in [6, 6.07) is 16.9. The molecule has 0 aliphatic heterocycles. The molecule has 1 N–H and O–H groups in total. The molecule has 5 rings (SSSR count). The van der Waals surface area contributed by atoms with Gasteiger partial charge in [0.25, 0.3) is 0 Å². The molecule has 0 radical (unpaired) electrons. The molecule has 0 unspecified atom stereocenters. The Hall–Kier alpha value is -3.16. The Morgan fingerprint density at radius 3 is 2.53 bits per heavy atom. The quantitative estimate of drug-likeness (QED) is 0.293. The largest absolute Gasteiger partial charge is 0.493 e. The van der Waals surface area contributed by atoms with Gasteiger partial charge in [-0.05, 0) is 38.1 Å². The highest BCUT2D eigenvalue weighted by atomic mass is 32.1. The highest BCUT2D eigenvalue weighted by Gasteiger charge is 2.16. The van der Waals surface area contributed by atoms with Crippen LogP contribution in [-0.4, -0.2) is 24.2 Å². The van der Waals surface area contributed by atoms with Crippen LogP contribution in [0.2, 0.25) is 0 Å². The number of hydrogen-bond acceptors (Lipinski definition) is 7. The minimum absolute atomic E-state index is 0.0873. The topological polar surface area (TPSA) is 56.3 Å². The summed E-state index contributed by atoms with van der Waals surface area (Å²) in [6.07, 6.45) is 0. The van der Waals surface area contributed by atoms with Gasteiger partial charge in [0, 0.05) is 42.2 Å². The first-order valence-corrected chi connectivity index (χ1v) is 12.0. The van der Waals surface area contributed by atoms with E-state index in [1.807, 2.05) is 30.4 Å². The number of ether oxygens (including phenoxy) is 2. The van der Waals surface area contributed by atoms with Crippen LogP contribution in [-0.2, 0) is 0 Å². The fraction of sp³-hybridized carbons (Fsp3) is 0.200. The Morgan fingerprint density at radius 1 is 0.938 bits per heavy atom. The Bertz CT molecular complexity index is 1420. The van der Waals surface area contributed by atoms with Gasteiger partial charge in [-0.25, -0.2) is 9.97 Å². The van der Waals surface area contributed by atoms with Crippen LogP contribution in [0, 0.1) is 6.92 Å². The number of fused-ring (bicyclic) bond motifs is 2. The Kier molecular flexibility index (Phi) is 5.45. The fourth-order valence-electron chi connectivity index (χ4n) is 3.86. The molecule has 7 heteroatoms. The summed E-state index contributed by atoms with van der Waals surface area (Å²) in [5.74, 6) is 2.81. The molecule has 0 bridgehead atoms. The third-order valence-electron chi connectivity index (χ3n) is 5.47. The SMILES string of the molecule is COc1cc2nc(C)nc(N[C@@H](C)c3ccc(-c4csc5ccccc45)s3)c2cc1OC. The summed E-state index contributed by atoms with van der Waals surface area (Å²) in [5, 5.41) is 8.06. The first-order chi connectivity index (χ1) is 15.6. The lowest BCUT2D eigenvalue weighted by Gasteiger charge is -2.16. The average molecular weight is 462 g/mol. The molecule has 3 aromatic heterocycles. The van der Waals surface area contributed by atoms with Gasteiger partial charge in [0.05, 0.1) is 25.8 Å². The summed E-state index contributed by atoms with van der Waals surface area (Å²) < 4.78 is 12.2. The molecule has 3 heterocycles. The smallest absolute Gasteiger partial charge is 0.162 e. The summed E-state index contributed by atoms with van der Waals surface area (Å²) in [5.41, 5.74) is 2.12. The van der Waals surface area contributed by atoms with Crippen molar-refractivity contribution in [3.8, 4) is 21.9 Å². The van der Waals surface area contributed by atoms with Crippen LogP contribution < -0.4 is 14.8 Å². The van der Waals surface area contributed by atoms with E-state index < -0.39 is 0 Å². The van der Waals surface area contributed by atoms with E-state index in [-0.39, 0.29) is 6.04 Å². The number of thiophene rings is 2. The maximum atomic E-state index is 5.49. The van der Waals surface area contributed by atoms with Crippen LogP contribution in [0.25, 0.3) is 31.4 Å². The van der Waals surface area contributed by atoms with Crippen molar-refractivity contribution in [2.24, 2.45) is 0 Å². The van der Waals surface area contributed by atoms with Crippen molar-refractivity contribution < 1.29 is 9.47 Å². The monoisotopic (exact) mass is 461 g/mol. The van der Waals surface area contributed by atoms with E-state index in [1.165, 1.54) is 25.4 Å². The lowest BCUT2D eigenvalue weighted by Crippen LogP contribution is -2.08. The molecule has 0 aliphatic carbocycles. The van der Waals surface area contributed by atoms with Gasteiger partial charge in [-0.2, -0.15) is 0 Å². The van der Waals surface area contributed by atoms with Crippen molar-refractivity contribution >= 4 is 49.5 Å². The van der Waals surface area contributed by atoms with Gasteiger partial charge in [0.2, 0.25) is 0 Å². The first-order valence-electron chi connectivity index (χ1n) is 10.3. The third-order valence-corrected chi connectivity index (χ3v) is 7.73. The van der Waals surface area contributed by atoms with E-state index in [0.717, 1.165) is 16.7 Å². The van der Waals surface area contributed by atoms with Crippen LogP contribution >= 0.6 is 22.7 Å². The predicted octanol–water partition coefficient (Wildman–Crippen LogP) is 7.07. The van der Waals surface area contributed by atoms with Gasteiger partial charge < -0.3 is 14.8 Å². The van der Waals surface area contributed by atoms with E-state index in [4.69, 9.17) is 9.47 Å². The highest BCUT2D eigenvalue weighted by Crippen LogP contribution is 2.40. The minimum Gasteiger partial charge on any atom is -0.493 e. The third kappa shape index (κ3) is 3.67. The standard InChI is InChI=1S/C25H23N3O2S2/c1-14(22-9-10-24(32-22)18-13-31-23-8-6-5-7-16(18)23)26-25-17-11-20(29-3)21(30-4)12-19(17)27-15(2)28-25/h5-14H,1-4H3,(H,26,27,28)/t14-/m0/s1. The number of rotatable bonds is 6. The zero-order valence-corrected chi connectivity index (χ0v) is 19.9. The second kappa shape index (κ2) is 8.41. The van der Waals surface area contributed by atoms with Crippen LogP contribution in [0.1, 0.15) is 23.7 Å². The zero-order chi connectivity index (χ0) is 22.2. The van der Waals surface area contributed by atoms with Gasteiger partial charge in [0.1, 0.15) is 11.6 Å². The Balaban J connectivity index is 1.48. The molecule has 0 amide bonds. The van der Waals surface area contributed by atoms with Crippen LogP contribution in [0.4, 0.5) is 5.82 Å². The van der Waals surface area contributed by atoms with Crippen molar-refractivity contribution in [3.05, 3.63) is 64.6 Å². The normalized spacial score (nSPS) is 12.2. The molecule has 2 aromatic carbocycles. The zero-order valence-electron chi connectivity index (χ0n) is 18.3. The first kappa shape index (κ1) is 20.7. The average Bonchev–Trinajstić information content (AvgIpc) is 3.45. The molecule has 5 aromatic rings. The molecular formula is C25H23N3O2S2. The number of anilines is 1. The van der Waals surface area contributed by atoms with E-state index in [0.29, 0.717) is 17.3 Å². The number of benzene rings is 2. The number of nitrogens with zero attached hydrogens (tertiary/aromatic N) is 2. The second-order valence-corrected chi connectivity index (χ2v) is 9.58. The number of hydrogen-bond donors (Lipinski definition) is 1. The lowest BCUT2D eigenvalue weighted by molar-refractivity contribution is 0.356. The highest BCUT2D eigenvalue weighted by molar-refractivity contribution is 7.19. The van der Waals surface area contributed by atoms with Gasteiger partial charge in [0.15, 0.2) is 11.5 Å². The Morgan fingerprint density at radius 2 is 1.72 bits per heavy atom. The lowest BCUT2D eigenvalue weighted by atomic mass is 10.1. The van der Waals surface area contributed by atoms with Crippen molar-refractivity contribution in [2.45, 2.75) is 19.9 Å². The molecule has 162 valence electrons. The molecule has 0 saturated heterocycles. The minimum atomic E-state index is 0.0873. The number of aromatic nitrogens is 2. The van der Waals surface area contributed by atoms with E-state index in [1.54, 1.807) is 25.6 Å². The molecule has 0 fully saturated rings. The van der Waals surface area contributed by atoms with Gasteiger partial charge >= 0.3 is 0 Å². The molecule has 32 heavy (non-hydrogen) atoms. The summed E-state index contributed by atoms with van der Waals surface area (Å²) >= 11 is 3.60. The van der Waals surface area contributed by atoms with Gasteiger partial charge in [-0.3, -0.25) is 0 Å². The van der Waals surface area contributed by atoms with E-state index in [2.05, 4.69) is 64.0 Å². The molecule has 1 atom stereocenters. The van der Waals surface area contributed by atoms with Crippen LogP contribution in [0.15, 0.2) is 53.9 Å². The molecule has 0 spiro atoms. The van der Waals surface area contributed by atoms with Crippen molar-refractivity contribution in [3.63, 3.8) is 0 Å². The molecule has 5 nitrogen and oxygen atoms in total. The van der Waals surface area contributed by atoms with Crippen molar-refractivity contribution in [1.82, 2.24) is 9.97 Å². The summed E-state index contributed by atoms with van der Waals surface area (Å²) in [7, 11) is 3.26. The van der Waals surface area contributed by atoms with E-state index >= 15 is 0 Å². The van der Waals surface area contributed by atoms with Crippen LogP contribution in [0.5, 0.6) is 11.5 Å². The fourth-order valence-corrected chi connectivity index (χ4v) is 5.93. The Labute approximate surface area is 194 Å². The summed E-state index contributed by atoms with van der Waals surface area (Å²) in [6.45, 7) is 4.06. The summed E-state index contributed by atoms with van der Waals surface area (Å²) in [4.78, 5) is 11.8. The van der Waals surface area contributed by atoms with E-state index in [9.17, 15) is 0 Å². The number of aryl methyl sites for hydroxylation is 1. The van der Waals surface area contributed by atoms with Gasteiger partial charge in [-0.15, -0.1) is 22.7 Å². The van der Waals surface area contributed by atoms with Crippen molar-refractivity contribution in [1.29, 1.82) is 0 Å². The molecule has 0 aliphatic rings. The predicted molar refractivity (Wildman–Crippen MR) is 135 cm³/mol. The maximum absolute atomic E-state index is 5.49.